The lowest BCUT2D eigenvalue weighted by Gasteiger charge is -2.18. The molecule has 0 fully saturated rings. The zero-order chi connectivity index (χ0) is 55.5. The highest BCUT2D eigenvalue weighted by Crippen LogP contribution is 2.44. The maximum absolute atomic E-state index is 5.06. The Morgan fingerprint density at radius 1 is 0.398 bits per heavy atom. The summed E-state index contributed by atoms with van der Waals surface area (Å²) in [6.45, 7) is 2.32. The van der Waals surface area contributed by atoms with E-state index < -0.39 is 0 Å². The fourth-order valence-electron chi connectivity index (χ4n) is 12.1. The smallest absolute Gasteiger partial charge is 0.101 e. The molecule has 2 atom stereocenters. The fraction of sp³-hybridized carbons (Fsp3) is 0.0800. The Morgan fingerprint density at radius 2 is 0.831 bits per heavy atom. The van der Waals surface area contributed by atoms with E-state index in [0.717, 1.165) is 131 Å². The monoisotopic (exact) mass is 1070 g/mol. The Morgan fingerprint density at radius 3 is 1.40 bits per heavy atom. The number of aromatic nitrogens is 6. The highest BCUT2D eigenvalue weighted by atomic mass is 15.4. The third kappa shape index (κ3) is 10.2. The second-order valence-corrected chi connectivity index (χ2v) is 21.6. The molecule has 2 aliphatic rings. The van der Waals surface area contributed by atoms with E-state index in [1.807, 2.05) is 6.07 Å². The lowest BCUT2D eigenvalue weighted by atomic mass is 9.86. The van der Waals surface area contributed by atoms with Gasteiger partial charge in [-0.2, -0.15) is 15.3 Å². The molecule has 83 heavy (non-hydrogen) atoms. The largest absolute Gasteiger partial charge is 0.320 e. The van der Waals surface area contributed by atoms with Gasteiger partial charge in [0.05, 0.1) is 34.5 Å². The number of aromatic amines is 3. The van der Waals surface area contributed by atoms with Gasteiger partial charge < -0.3 is 5.43 Å². The third-order valence-corrected chi connectivity index (χ3v) is 16.4. The first-order valence-electron chi connectivity index (χ1n) is 28.6. The van der Waals surface area contributed by atoms with Crippen LogP contribution in [0.4, 0.5) is 0 Å². The van der Waals surface area contributed by atoms with Crippen LogP contribution in [0, 0.1) is 5.92 Å². The number of allylic oxidation sites excluding steroid dienone is 4. The van der Waals surface area contributed by atoms with Crippen molar-refractivity contribution in [3.8, 4) is 101 Å². The van der Waals surface area contributed by atoms with Crippen LogP contribution in [0.3, 0.4) is 0 Å². The van der Waals surface area contributed by atoms with E-state index in [4.69, 9.17) is 15.3 Å². The van der Waals surface area contributed by atoms with Crippen LogP contribution in [-0.4, -0.2) is 30.6 Å². The molecule has 4 heterocycles. The van der Waals surface area contributed by atoms with E-state index in [1.54, 1.807) is 0 Å². The number of rotatable bonds is 15. The van der Waals surface area contributed by atoms with Crippen molar-refractivity contribution in [2.45, 2.75) is 32.2 Å². The van der Waals surface area contributed by atoms with E-state index >= 15 is 0 Å². The van der Waals surface area contributed by atoms with Crippen molar-refractivity contribution in [2.75, 3.05) is 0 Å². The average molecular weight is 1070 g/mol. The second-order valence-electron chi connectivity index (χ2n) is 21.6. The molecule has 12 aromatic rings. The Bertz CT molecular complexity index is 4320. The van der Waals surface area contributed by atoms with Crippen LogP contribution in [0.1, 0.15) is 41.6 Å². The molecule has 0 saturated heterocycles. The van der Waals surface area contributed by atoms with Crippen LogP contribution in [0.5, 0.6) is 0 Å². The summed E-state index contributed by atoms with van der Waals surface area (Å²) in [6, 6.07) is 88.1. The first kappa shape index (κ1) is 50.8. The fourth-order valence-corrected chi connectivity index (χ4v) is 12.1. The van der Waals surface area contributed by atoms with Crippen molar-refractivity contribution in [2.24, 2.45) is 5.92 Å². The summed E-state index contributed by atoms with van der Waals surface area (Å²) in [4.78, 5) is 0. The number of H-pyrrole nitrogens is 3. The Labute approximate surface area is 484 Å². The SMILES string of the molecule is CC1CC=CC=C1Cc1c(-c2ccccc2)n[nH]c1-c1cccc(C2=C(Cc3ccccc3)C(c3ccc(-c4ccc(-c5n[nH]c(-c6cccc(-c7[nH]nc(-c8ccccc8)c7-c7ccccc7)c6)c5-c5ccccc5)cc4)cc3)NN2)c1. The topological polar surface area (TPSA) is 110 Å². The average Bonchev–Trinajstić information content (AvgIpc) is 4.52. The van der Waals surface area contributed by atoms with Gasteiger partial charge in [0.1, 0.15) is 11.4 Å². The third-order valence-electron chi connectivity index (χ3n) is 16.4. The Kier molecular flexibility index (Phi) is 13.8. The van der Waals surface area contributed by atoms with Gasteiger partial charge >= 0.3 is 0 Å². The zero-order valence-corrected chi connectivity index (χ0v) is 46.0. The van der Waals surface area contributed by atoms with Gasteiger partial charge in [0.2, 0.25) is 0 Å². The summed E-state index contributed by atoms with van der Waals surface area (Å²) in [5.41, 5.74) is 34.7. The van der Waals surface area contributed by atoms with Crippen LogP contribution in [-0.2, 0) is 12.8 Å². The number of nitrogens with one attached hydrogen (secondary N) is 5. The van der Waals surface area contributed by atoms with E-state index in [0.29, 0.717) is 5.92 Å². The van der Waals surface area contributed by atoms with Crippen molar-refractivity contribution in [1.82, 2.24) is 41.4 Å². The molecular formula is C75H60N8. The molecule has 0 spiro atoms. The first-order valence-corrected chi connectivity index (χ1v) is 28.6. The summed E-state index contributed by atoms with van der Waals surface area (Å²) < 4.78 is 0. The number of hydrogen-bond acceptors (Lipinski definition) is 5. The predicted molar refractivity (Wildman–Crippen MR) is 339 cm³/mol. The number of hydrazine groups is 1. The molecule has 8 nitrogen and oxygen atoms in total. The van der Waals surface area contributed by atoms with Crippen LogP contribution >= 0.6 is 0 Å². The number of benzene rings is 9. The molecule has 0 saturated carbocycles. The first-order chi connectivity index (χ1) is 41.1. The van der Waals surface area contributed by atoms with Crippen molar-refractivity contribution >= 4 is 5.70 Å². The number of hydrogen-bond donors (Lipinski definition) is 5. The minimum absolute atomic E-state index is 0.0615. The van der Waals surface area contributed by atoms with Crippen LogP contribution in [0.25, 0.3) is 107 Å². The summed E-state index contributed by atoms with van der Waals surface area (Å²) in [6.07, 6.45) is 9.41. The van der Waals surface area contributed by atoms with Crippen molar-refractivity contribution < 1.29 is 0 Å². The molecule has 8 heteroatoms. The molecule has 0 amide bonds. The van der Waals surface area contributed by atoms with Crippen molar-refractivity contribution in [1.29, 1.82) is 0 Å². The summed E-state index contributed by atoms with van der Waals surface area (Å²) in [5.74, 6) is 0.468. The molecule has 1 aliphatic carbocycles. The predicted octanol–water partition coefficient (Wildman–Crippen LogP) is 17.7. The lowest BCUT2D eigenvalue weighted by molar-refractivity contribution is 0.595. The van der Waals surface area contributed by atoms with Gasteiger partial charge in [-0.3, -0.25) is 15.3 Å². The summed E-state index contributed by atoms with van der Waals surface area (Å²) in [7, 11) is 0. The maximum Gasteiger partial charge on any atom is 0.101 e. The Hall–Kier alpha value is -10.4. The molecule has 3 aromatic heterocycles. The highest BCUT2D eigenvalue weighted by Gasteiger charge is 2.29. The van der Waals surface area contributed by atoms with Crippen molar-refractivity contribution in [3.05, 3.63) is 300 Å². The van der Waals surface area contributed by atoms with E-state index in [2.05, 4.69) is 294 Å². The molecule has 2 unspecified atom stereocenters. The van der Waals surface area contributed by atoms with Crippen LogP contribution in [0.15, 0.2) is 278 Å². The second kappa shape index (κ2) is 22.6. The van der Waals surface area contributed by atoms with Gasteiger partial charge in [0.15, 0.2) is 0 Å². The van der Waals surface area contributed by atoms with Gasteiger partial charge in [-0.1, -0.05) is 267 Å². The zero-order valence-electron chi connectivity index (χ0n) is 46.0. The van der Waals surface area contributed by atoms with E-state index in [-0.39, 0.29) is 6.04 Å². The van der Waals surface area contributed by atoms with Gasteiger partial charge in [-0.05, 0) is 81.8 Å². The Balaban J connectivity index is 0.763. The maximum atomic E-state index is 5.06. The lowest BCUT2D eigenvalue weighted by Crippen LogP contribution is -2.27. The summed E-state index contributed by atoms with van der Waals surface area (Å²) in [5, 5.41) is 25.4. The van der Waals surface area contributed by atoms with Gasteiger partial charge in [-0.15, -0.1) is 0 Å². The molecule has 9 aromatic carbocycles. The summed E-state index contributed by atoms with van der Waals surface area (Å²) >= 11 is 0. The normalized spacial score (nSPS) is 14.9. The molecule has 0 bridgehead atoms. The highest BCUT2D eigenvalue weighted by molar-refractivity contribution is 5.95. The quantitative estimate of drug-likeness (QED) is 0.0703. The molecule has 400 valence electrons. The van der Waals surface area contributed by atoms with E-state index in [9.17, 15) is 0 Å². The van der Waals surface area contributed by atoms with Crippen molar-refractivity contribution in [3.63, 3.8) is 0 Å². The molecule has 14 rings (SSSR count). The molecule has 5 N–H and O–H groups in total. The molecule has 0 radical (unpaired) electrons. The molecular weight excluding hydrogens is 1010 g/mol. The van der Waals surface area contributed by atoms with Crippen LogP contribution < -0.4 is 10.9 Å². The molecule has 1 aliphatic heterocycles. The number of nitrogens with zero attached hydrogens (tertiary/aromatic N) is 3. The van der Waals surface area contributed by atoms with Gasteiger partial charge in [0, 0.05) is 50.1 Å². The minimum atomic E-state index is -0.0615. The van der Waals surface area contributed by atoms with E-state index in [1.165, 1.54) is 27.8 Å². The minimum Gasteiger partial charge on any atom is -0.320 e. The standard InChI is InChI=1S/C75H60N8/c1-49-21-17-18-32-59(49)48-65-68(55-28-13-5-14-29-55)76-79-71(65)61-34-19-33-60(46-61)70-64(45-50-22-7-2-8-23-50)69(77-78-70)57-41-37-51(38-42-57)52-39-43-58(44-40-52)73-67(54-26-11-4-12-27-54)75(83-81-73)63-36-20-35-62(47-63)74-66(53-24-9-3-10-25-53)72(80-82-74)56-30-15-6-16-31-56/h2-20,22-44,46-47,49,69,77-78H,21,45,48H2,1H3,(H,76,79)(H,80,82)(H,81,83). The van der Waals surface area contributed by atoms with Gasteiger partial charge in [-0.25, -0.2) is 5.43 Å². The van der Waals surface area contributed by atoms with Gasteiger partial charge in [0.25, 0.3) is 0 Å². The van der Waals surface area contributed by atoms with Crippen LogP contribution in [0.2, 0.25) is 0 Å².